The Hall–Kier alpha value is -1.95. The summed E-state index contributed by atoms with van der Waals surface area (Å²) < 4.78 is 0. The van der Waals surface area contributed by atoms with Crippen LogP contribution in [0.1, 0.15) is 35.2 Å². The molecule has 1 atom stereocenters. The molecule has 1 fully saturated rings. The van der Waals surface area contributed by atoms with Crippen molar-refractivity contribution in [3.63, 3.8) is 0 Å². The van der Waals surface area contributed by atoms with Crippen molar-refractivity contribution < 1.29 is 9.72 Å². The van der Waals surface area contributed by atoms with Gasteiger partial charge in [-0.15, -0.1) is 0 Å². The van der Waals surface area contributed by atoms with Crippen LogP contribution >= 0.6 is 0 Å². The molecule has 21 heavy (non-hydrogen) atoms. The fraction of sp³-hybridized carbons (Fsp3) is 0.533. The minimum Gasteiger partial charge on any atom is -0.352 e. The molecule has 0 aromatic heterocycles. The SMILES string of the molecule is Cc1cc([N+](=O)[O-])ccc1C(=O)NCCC1CCCNC1. The van der Waals surface area contributed by atoms with Gasteiger partial charge in [-0.3, -0.25) is 14.9 Å². The van der Waals surface area contributed by atoms with Gasteiger partial charge in [0.25, 0.3) is 11.6 Å². The molecular weight excluding hydrogens is 270 g/mol. The van der Waals surface area contributed by atoms with Crippen molar-refractivity contribution >= 4 is 11.6 Å². The maximum Gasteiger partial charge on any atom is 0.269 e. The van der Waals surface area contributed by atoms with E-state index in [0.717, 1.165) is 19.5 Å². The van der Waals surface area contributed by atoms with E-state index in [1.54, 1.807) is 6.92 Å². The van der Waals surface area contributed by atoms with Gasteiger partial charge in [0.1, 0.15) is 0 Å². The first-order valence-corrected chi connectivity index (χ1v) is 7.32. The molecule has 6 heteroatoms. The highest BCUT2D eigenvalue weighted by molar-refractivity contribution is 5.95. The molecule has 1 aliphatic heterocycles. The Morgan fingerprint density at radius 2 is 2.33 bits per heavy atom. The monoisotopic (exact) mass is 291 g/mol. The van der Waals surface area contributed by atoms with Crippen molar-refractivity contribution in [3.8, 4) is 0 Å². The Balaban J connectivity index is 1.86. The van der Waals surface area contributed by atoms with Crippen LogP contribution in [0.2, 0.25) is 0 Å². The van der Waals surface area contributed by atoms with Gasteiger partial charge in [-0.1, -0.05) is 0 Å². The highest BCUT2D eigenvalue weighted by Crippen LogP contribution is 2.17. The second kappa shape index (κ2) is 7.17. The lowest BCUT2D eigenvalue weighted by molar-refractivity contribution is -0.384. The van der Waals surface area contributed by atoms with E-state index < -0.39 is 4.92 Å². The van der Waals surface area contributed by atoms with E-state index in [4.69, 9.17) is 0 Å². The molecule has 0 aliphatic carbocycles. The number of nitrogens with one attached hydrogen (secondary N) is 2. The number of benzene rings is 1. The number of piperidine rings is 1. The van der Waals surface area contributed by atoms with E-state index in [1.165, 1.54) is 31.0 Å². The fourth-order valence-electron chi connectivity index (χ4n) is 2.67. The zero-order valence-electron chi connectivity index (χ0n) is 12.2. The standard InChI is InChI=1S/C15H21N3O3/c1-11-9-13(18(20)21)4-5-14(11)15(19)17-8-6-12-3-2-7-16-10-12/h4-5,9,12,16H,2-3,6-8,10H2,1H3,(H,17,19). The molecule has 1 saturated heterocycles. The highest BCUT2D eigenvalue weighted by Gasteiger charge is 2.15. The van der Waals surface area contributed by atoms with Crippen LogP contribution in [0.25, 0.3) is 0 Å². The van der Waals surface area contributed by atoms with Gasteiger partial charge in [0.05, 0.1) is 4.92 Å². The molecule has 0 radical (unpaired) electrons. The molecule has 1 aromatic rings. The lowest BCUT2D eigenvalue weighted by Crippen LogP contribution is -2.33. The first-order valence-electron chi connectivity index (χ1n) is 7.32. The lowest BCUT2D eigenvalue weighted by Gasteiger charge is -2.22. The second-order valence-corrected chi connectivity index (χ2v) is 5.51. The normalized spacial score (nSPS) is 18.2. The van der Waals surface area contributed by atoms with Crippen LogP contribution < -0.4 is 10.6 Å². The van der Waals surface area contributed by atoms with Crippen molar-refractivity contribution in [2.24, 2.45) is 5.92 Å². The minimum absolute atomic E-state index is 0.0114. The molecular formula is C15H21N3O3. The molecule has 1 aliphatic rings. The van der Waals surface area contributed by atoms with Crippen molar-refractivity contribution in [2.75, 3.05) is 19.6 Å². The molecule has 1 amide bonds. The maximum absolute atomic E-state index is 12.1. The number of rotatable bonds is 5. The van der Waals surface area contributed by atoms with Gasteiger partial charge in [-0.2, -0.15) is 0 Å². The van der Waals surface area contributed by atoms with Gasteiger partial charge >= 0.3 is 0 Å². The summed E-state index contributed by atoms with van der Waals surface area (Å²) in [5, 5.41) is 16.9. The molecule has 1 unspecified atom stereocenters. The summed E-state index contributed by atoms with van der Waals surface area (Å²) in [5.74, 6) is 0.461. The Morgan fingerprint density at radius 1 is 1.52 bits per heavy atom. The third kappa shape index (κ3) is 4.26. The maximum atomic E-state index is 12.1. The smallest absolute Gasteiger partial charge is 0.269 e. The van der Waals surface area contributed by atoms with Gasteiger partial charge in [0.15, 0.2) is 0 Å². The van der Waals surface area contributed by atoms with E-state index in [0.29, 0.717) is 23.6 Å². The topological polar surface area (TPSA) is 84.3 Å². The van der Waals surface area contributed by atoms with Crippen molar-refractivity contribution in [1.29, 1.82) is 0 Å². The Kier molecular flexibility index (Phi) is 5.27. The average molecular weight is 291 g/mol. The molecule has 6 nitrogen and oxygen atoms in total. The Morgan fingerprint density at radius 3 is 2.95 bits per heavy atom. The number of nitrogens with zero attached hydrogens (tertiary/aromatic N) is 1. The number of hydrogen-bond donors (Lipinski definition) is 2. The third-order valence-corrected chi connectivity index (χ3v) is 3.90. The second-order valence-electron chi connectivity index (χ2n) is 5.51. The molecule has 1 heterocycles. The molecule has 2 N–H and O–H groups in total. The Labute approximate surface area is 124 Å². The van der Waals surface area contributed by atoms with Gasteiger partial charge in [0, 0.05) is 24.2 Å². The first kappa shape index (κ1) is 15.4. The summed E-state index contributed by atoms with van der Waals surface area (Å²) in [7, 11) is 0. The van der Waals surface area contributed by atoms with E-state index in [-0.39, 0.29) is 11.6 Å². The number of non-ortho nitro benzene ring substituents is 1. The van der Waals surface area contributed by atoms with Gasteiger partial charge in [0.2, 0.25) is 0 Å². The predicted octanol–water partition coefficient (Wildman–Crippen LogP) is 2.02. The summed E-state index contributed by atoms with van der Waals surface area (Å²) in [6, 6.07) is 4.32. The van der Waals surface area contributed by atoms with Gasteiger partial charge in [-0.25, -0.2) is 0 Å². The molecule has 0 saturated carbocycles. The first-order chi connectivity index (χ1) is 10.1. The van der Waals surface area contributed by atoms with Crippen LogP contribution in [-0.2, 0) is 0 Å². The predicted molar refractivity (Wildman–Crippen MR) is 80.4 cm³/mol. The molecule has 114 valence electrons. The van der Waals surface area contributed by atoms with Crippen LogP contribution in [0.5, 0.6) is 0 Å². The van der Waals surface area contributed by atoms with E-state index in [2.05, 4.69) is 10.6 Å². The summed E-state index contributed by atoms with van der Waals surface area (Å²) >= 11 is 0. The molecule has 2 rings (SSSR count). The largest absolute Gasteiger partial charge is 0.352 e. The van der Waals surface area contributed by atoms with Crippen LogP contribution in [0.3, 0.4) is 0 Å². The summed E-state index contributed by atoms with van der Waals surface area (Å²) in [6.07, 6.45) is 3.37. The Bertz CT molecular complexity index is 525. The highest BCUT2D eigenvalue weighted by atomic mass is 16.6. The third-order valence-electron chi connectivity index (χ3n) is 3.90. The lowest BCUT2D eigenvalue weighted by atomic mass is 9.96. The minimum atomic E-state index is -0.454. The van der Waals surface area contributed by atoms with E-state index >= 15 is 0 Å². The number of nitro groups is 1. The molecule has 1 aromatic carbocycles. The van der Waals surface area contributed by atoms with Crippen LogP contribution in [0.4, 0.5) is 5.69 Å². The summed E-state index contributed by atoms with van der Waals surface area (Å²) in [5.41, 5.74) is 1.14. The molecule has 0 bridgehead atoms. The number of hydrogen-bond acceptors (Lipinski definition) is 4. The molecule has 0 spiro atoms. The van der Waals surface area contributed by atoms with Crippen LogP contribution in [0, 0.1) is 23.0 Å². The summed E-state index contributed by atoms with van der Waals surface area (Å²) in [4.78, 5) is 22.3. The number of amides is 1. The zero-order valence-corrected chi connectivity index (χ0v) is 12.2. The summed E-state index contributed by atoms with van der Waals surface area (Å²) in [6.45, 7) is 4.46. The quantitative estimate of drug-likeness (QED) is 0.642. The number of nitro benzene ring substituents is 1. The van der Waals surface area contributed by atoms with Gasteiger partial charge < -0.3 is 10.6 Å². The fourth-order valence-corrected chi connectivity index (χ4v) is 2.67. The number of aryl methyl sites for hydroxylation is 1. The van der Waals surface area contributed by atoms with Crippen molar-refractivity contribution in [3.05, 3.63) is 39.4 Å². The van der Waals surface area contributed by atoms with Crippen LogP contribution in [-0.4, -0.2) is 30.5 Å². The van der Waals surface area contributed by atoms with Gasteiger partial charge in [-0.05, 0) is 56.8 Å². The average Bonchev–Trinajstić information content (AvgIpc) is 2.48. The van der Waals surface area contributed by atoms with E-state index in [1.807, 2.05) is 0 Å². The number of carbonyl (C=O) groups is 1. The zero-order chi connectivity index (χ0) is 15.2. The van der Waals surface area contributed by atoms with Crippen molar-refractivity contribution in [2.45, 2.75) is 26.2 Å². The van der Waals surface area contributed by atoms with Crippen molar-refractivity contribution in [1.82, 2.24) is 10.6 Å². The number of carbonyl (C=O) groups excluding carboxylic acids is 1. The van der Waals surface area contributed by atoms with Crippen LogP contribution in [0.15, 0.2) is 18.2 Å². The van der Waals surface area contributed by atoms with E-state index in [9.17, 15) is 14.9 Å².